The minimum Gasteiger partial charge on any atom is -0.481 e. The summed E-state index contributed by atoms with van der Waals surface area (Å²) in [5.74, 6) is -0.327. The van der Waals surface area contributed by atoms with Crippen LogP contribution in [0.15, 0.2) is 0 Å². The maximum Gasteiger partial charge on any atom is 0.315 e. The van der Waals surface area contributed by atoms with Crippen LogP contribution in [0.5, 0.6) is 0 Å². The second-order valence-electron chi connectivity index (χ2n) is 5.67. The molecule has 1 atom stereocenters. The van der Waals surface area contributed by atoms with Crippen molar-refractivity contribution in [1.82, 2.24) is 10.6 Å². The molecule has 118 valence electrons. The van der Waals surface area contributed by atoms with Gasteiger partial charge in [-0.15, -0.1) is 0 Å². The van der Waals surface area contributed by atoms with Crippen LogP contribution in [0.3, 0.4) is 0 Å². The maximum atomic E-state index is 11.6. The van der Waals surface area contributed by atoms with Gasteiger partial charge in [-0.05, 0) is 18.3 Å². The average molecular weight is 288 g/mol. The van der Waals surface area contributed by atoms with Gasteiger partial charge in [0.15, 0.2) is 0 Å². The number of hydrogen-bond donors (Lipinski definition) is 3. The zero-order chi connectivity index (χ0) is 15.5. The molecule has 0 saturated carbocycles. The monoisotopic (exact) mass is 288 g/mol. The summed E-state index contributed by atoms with van der Waals surface area (Å²) in [6.07, 6.45) is 0.675. The van der Waals surface area contributed by atoms with Crippen molar-refractivity contribution in [2.24, 2.45) is 11.8 Å². The molecule has 0 aliphatic carbocycles. The summed E-state index contributed by atoms with van der Waals surface area (Å²) < 4.78 is 5.40. The number of nitrogens with one attached hydrogen (secondary N) is 2. The number of carbonyl (C=O) groups is 2. The van der Waals surface area contributed by atoms with E-state index in [9.17, 15) is 9.59 Å². The van der Waals surface area contributed by atoms with Gasteiger partial charge in [0.1, 0.15) is 0 Å². The third-order valence-electron chi connectivity index (χ3n) is 2.72. The van der Waals surface area contributed by atoms with Gasteiger partial charge in [0.05, 0.1) is 6.42 Å². The standard InChI is InChI=1S/C14H28N2O4/c1-10(2)9-20-7-5-6-15-14(19)16-12(11(3)4)8-13(17)18/h10-12H,5-9H2,1-4H3,(H,17,18)(H2,15,16,19). The first-order chi connectivity index (χ1) is 9.32. The number of ether oxygens (including phenoxy) is 1. The van der Waals surface area contributed by atoms with Crippen LogP contribution >= 0.6 is 0 Å². The SMILES string of the molecule is CC(C)COCCCNC(=O)NC(CC(=O)O)C(C)C. The lowest BCUT2D eigenvalue weighted by atomic mass is 10.0. The van der Waals surface area contributed by atoms with Gasteiger partial charge >= 0.3 is 12.0 Å². The molecule has 0 radical (unpaired) electrons. The number of urea groups is 1. The quantitative estimate of drug-likeness (QED) is 0.535. The normalized spacial score (nSPS) is 12.5. The Bertz CT molecular complexity index is 293. The van der Waals surface area contributed by atoms with E-state index in [1.54, 1.807) is 0 Å². The highest BCUT2D eigenvalue weighted by molar-refractivity contribution is 5.75. The van der Waals surface area contributed by atoms with Gasteiger partial charge in [-0.25, -0.2) is 4.79 Å². The summed E-state index contributed by atoms with van der Waals surface area (Å²) in [6.45, 7) is 9.78. The number of amides is 2. The van der Waals surface area contributed by atoms with E-state index in [-0.39, 0.29) is 24.4 Å². The summed E-state index contributed by atoms with van der Waals surface area (Å²) in [6, 6.07) is -0.682. The predicted molar refractivity (Wildman–Crippen MR) is 77.7 cm³/mol. The zero-order valence-electron chi connectivity index (χ0n) is 12.9. The number of aliphatic carboxylic acids is 1. The number of carbonyl (C=O) groups excluding carboxylic acids is 1. The molecule has 0 aliphatic rings. The van der Waals surface area contributed by atoms with Crippen LogP contribution in [0.2, 0.25) is 0 Å². The summed E-state index contributed by atoms with van der Waals surface area (Å²) in [5, 5.41) is 14.2. The summed E-state index contributed by atoms with van der Waals surface area (Å²) in [5.41, 5.74) is 0. The topological polar surface area (TPSA) is 87.7 Å². The van der Waals surface area contributed by atoms with E-state index in [1.165, 1.54) is 0 Å². The van der Waals surface area contributed by atoms with Crippen molar-refractivity contribution in [2.45, 2.75) is 46.6 Å². The van der Waals surface area contributed by atoms with Crippen molar-refractivity contribution in [3.63, 3.8) is 0 Å². The van der Waals surface area contributed by atoms with E-state index in [0.29, 0.717) is 19.1 Å². The lowest BCUT2D eigenvalue weighted by molar-refractivity contribution is -0.137. The summed E-state index contributed by atoms with van der Waals surface area (Å²) >= 11 is 0. The van der Waals surface area contributed by atoms with E-state index in [0.717, 1.165) is 13.0 Å². The highest BCUT2D eigenvalue weighted by atomic mass is 16.5. The molecule has 0 aromatic rings. The van der Waals surface area contributed by atoms with Crippen molar-refractivity contribution < 1.29 is 19.4 Å². The predicted octanol–water partition coefficient (Wildman–Crippen LogP) is 1.85. The molecule has 0 aromatic heterocycles. The molecule has 0 rings (SSSR count). The van der Waals surface area contributed by atoms with Crippen LogP contribution in [-0.2, 0) is 9.53 Å². The zero-order valence-corrected chi connectivity index (χ0v) is 12.9. The first-order valence-corrected chi connectivity index (χ1v) is 7.16. The highest BCUT2D eigenvalue weighted by Crippen LogP contribution is 2.05. The molecule has 3 N–H and O–H groups in total. The Morgan fingerprint density at radius 2 is 1.85 bits per heavy atom. The molecule has 0 aliphatic heterocycles. The fraction of sp³-hybridized carbons (Fsp3) is 0.857. The molecule has 2 amide bonds. The van der Waals surface area contributed by atoms with Crippen LogP contribution in [0.4, 0.5) is 4.79 Å². The number of carboxylic acid groups (broad SMARTS) is 1. The molecule has 0 bridgehead atoms. The van der Waals surface area contributed by atoms with Gasteiger partial charge in [-0.1, -0.05) is 27.7 Å². The van der Waals surface area contributed by atoms with Crippen LogP contribution in [0.1, 0.15) is 40.5 Å². The van der Waals surface area contributed by atoms with Gasteiger partial charge in [-0.3, -0.25) is 4.79 Å². The molecule has 0 fully saturated rings. The first-order valence-electron chi connectivity index (χ1n) is 7.16. The summed E-state index contributed by atoms with van der Waals surface area (Å²) in [4.78, 5) is 22.3. The average Bonchev–Trinajstić information content (AvgIpc) is 2.31. The van der Waals surface area contributed by atoms with Crippen molar-refractivity contribution in [1.29, 1.82) is 0 Å². The smallest absolute Gasteiger partial charge is 0.315 e. The van der Waals surface area contributed by atoms with E-state index < -0.39 is 5.97 Å². The lowest BCUT2D eigenvalue weighted by Crippen LogP contribution is -2.45. The van der Waals surface area contributed by atoms with Gasteiger partial charge in [0.25, 0.3) is 0 Å². The minimum absolute atomic E-state index is 0.0669. The molecule has 6 heteroatoms. The number of hydrogen-bond acceptors (Lipinski definition) is 3. The number of rotatable bonds is 10. The van der Waals surface area contributed by atoms with Gasteiger partial charge in [0, 0.05) is 25.8 Å². The van der Waals surface area contributed by atoms with Crippen molar-refractivity contribution in [3.8, 4) is 0 Å². The van der Waals surface area contributed by atoms with Crippen LogP contribution in [0, 0.1) is 11.8 Å². The molecule has 0 saturated heterocycles. The Hall–Kier alpha value is -1.30. The van der Waals surface area contributed by atoms with Crippen LogP contribution < -0.4 is 10.6 Å². The van der Waals surface area contributed by atoms with Crippen LogP contribution in [0.25, 0.3) is 0 Å². The second-order valence-corrected chi connectivity index (χ2v) is 5.67. The fourth-order valence-electron chi connectivity index (χ4n) is 1.56. The van der Waals surface area contributed by atoms with Gasteiger partial charge in [-0.2, -0.15) is 0 Å². The van der Waals surface area contributed by atoms with Gasteiger partial charge < -0.3 is 20.5 Å². The third kappa shape index (κ3) is 10.6. The Morgan fingerprint density at radius 1 is 1.20 bits per heavy atom. The Labute approximate surface area is 121 Å². The minimum atomic E-state index is -0.911. The Kier molecular flexibility index (Phi) is 9.80. The molecule has 1 unspecified atom stereocenters. The van der Waals surface area contributed by atoms with Crippen molar-refractivity contribution in [2.75, 3.05) is 19.8 Å². The van der Waals surface area contributed by atoms with E-state index >= 15 is 0 Å². The molecule has 0 aromatic carbocycles. The highest BCUT2D eigenvalue weighted by Gasteiger charge is 2.18. The van der Waals surface area contributed by atoms with Crippen LogP contribution in [-0.4, -0.2) is 42.9 Å². The van der Waals surface area contributed by atoms with Crippen molar-refractivity contribution in [3.05, 3.63) is 0 Å². The molecule has 0 heterocycles. The van der Waals surface area contributed by atoms with E-state index in [1.807, 2.05) is 13.8 Å². The fourth-order valence-corrected chi connectivity index (χ4v) is 1.56. The molecule has 20 heavy (non-hydrogen) atoms. The van der Waals surface area contributed by atoms with Crippen molar-refractivity contribution >= 4 is 12.0 Å². The third-order valence-corrected chi connectivity index (χ3v) is 2.72. The molecule has 0 spiro atoms. The molecular formula is C14H28N2O4. The largest absolute Gasteiger partial charge is 0.481 e. The Morgan fingerprint density at radius 3 is 2.35 bits per heavy atom. The number of carboxylic acids is 1. The van der Waals surface area contributed by atoms with E-state index in [4.69, 9.17) is 9.84 Å². The molecular weight excluding hydrogens is 260 g/mol. The van der Waals surface area contributed by atoms with Gasteiger partial charge in [0.2, 0.25) is 0 Å². The second kappa shape index (κ2) is 10.5. The first kappa shape index (κ1) is 18.7. The summed E-state index contributed by atoms with van der Waals surface area (Å²) in [7, 11) is 0. The molecule has 6 nitrogen and oxygen atoms in total. The lowest BCUT2D eigenvalue weighted by Gasteiger charge is -2.20. The maximum absolute atomic E-state index is 11.6. The Balaban J connectivity index is 3.77. The van der Waals surface area contributed by atoms with E-state index in [2.05, 4.69) is 24.5 Å².